The molecule has 1 saturated heterocycles. The molecule has 1 atom stereocenters. The van der Waals surface area contributed by atoms with Gasteiger partial charge in [0.1, 0.15) is 18.5 Å². The lowest BCUT2D eigenvalue weighted by molar-refractivity contribution is -0.133. The van der Waals surface area contributed by atoms with Crippen LogP contribution < -0.4 is 10.1 Å². The van der Waals surface area contributed by atoms with Gasteiger partial charge in [0, 0.05) is 12.1 Å². The second-order valence-corrected chi connectivity index (χ2v) is 3.57. The number of nitrogens with one attached hydrogen (secondary N) is 1. The minimum Gasteiger partial charge on any atom is -0.493 e. The molecule has 0 aliphatic carbocycles. The van der Waals surface area contributed by atoms with Crippen LogP contribution in [0.25, 0.3) is 0 Å². The van der Waals surface area contributed by atoms with E-state index in [1.165, 1.54) is 0 Å². The van der Waals surface area contributed by atoms with E-state index in [0.717, 1.165) is 11.3 Å². The number of carbonyl (C=O) groups is 1. The highest BCUT2D eigenvalue weighted by atomic mass is 16.5. The van der Waals surface area contributed by atoms with Crippen LogP contribution in [0, 0.1) is 0 Å². The van der Waals surface area contributed by atoms with E-state index in [-0.39, 0.29) is 18.6 Å². The van der Waals surface area contributed by atoms with E-state index in [9.17, 15) is 4.79 Å². The lowest BCUT2D eigenvalue weighted by Gasteiger charge is -2.25. The number of ether oxygens (including phenoxy) is 2. The lowest BCUT2D eigenvalue weighted by atomic mass is 10.1. The van der Waals surface area contributed by atoms with Gasteiger partial charge in [-0.2, -0.15) is 0 Å². The first kappa shape index (κ1) is 11.0. The van der Waals surface area contributed by atoms with E-state index in [1.807, 2.05) is 31.2 Å². The summed E-state index contributed by atoms with van der Waals surface area (Å²) in [6.07, 6.45) is -0.111. The van der Waals surface area contributed by atoms with Gasteiger partial charge in [0.05, 0.1) is 6.61 Å². The third-order valence-electron chi connectivity index (χ3n) is 2.47. The molecule has 1 amide bonds. The van der Waals surface area contributed by atoms with Gasteiger partial charge in [0.2, 0.25) is 5.91 Å². The molecule has 0 spiro atoms. The fraction of sp³-hybridized carbons (Fsp3) is 0.417. The zero-order valence-electron chi connectivity index (χ0n) is 9.23. The zero-order valence-corrected chi connectivity index (χ0v) is 9.23. The van der Waals surface area contributed by atoms with Gasteiger partial charge in [-0.1, -0.05) is 18.2 Å². The Morgan fingerprint density at radius 3 is 3.00 bits per heavy atom. The fourth-order valence-electron chi connectivity index (χ4n) is 1.73. The van der Waals surface area contributed by atoms with Crippen molar-refractivity contribution in [3.63, 3.8) is 0 Å². The Morgan fingerprint density at radius 2 is 2.31 bits per heavy atom. The van der Waals surface area contributed by atoms with Gasteiger partial charge >= 0.3 is 0 Å². The van der Waals surface area contributed by atoms with Crippen molar-refractivity contribution < 1.29 is 14.3 Å². The molecule has 16 heavy (non-hydrogen) atoms. The van der Waals surface area contributed by atoms with Crippen molar-refractivity contribution in [3.05, 3.63) is 29.8 Å². The molecule has 4 nitrogen and oxygen atoms in total. The summed E-state index contributed by atoms with van der Waals surface area (Å²) in [6.45, 7) is 3.18. The van der Waals surface area contributed by atoms with Gasteiger partial charge in [0.25, 0.3) is 0 Å². The van der Waals surface area contributed by atoms with Gasteiger partial charge in [-0.25, -0.2) is 0 Å². The van der Waals surface area contributed by atoms with Crippen molar-refractivity contribution in [2.45, 2.75) is 13.0 Å². The molecule has 1 aromatic carbocycles. The minimum atomic E-state index is -0.111. The molecule has 1 aliphatic heterocycles. The molecule has 4 heteroatoms. The van der Waals surface area contributed by atoms with Crippen LogP contribution in [0.5, 0.6) is 5.75 Å². The summed E-state index contributed by atoms with van der Waals surface area (Å²) in [5.41, 5.74) is 0.990. The van der Waals surface area contributed by atoms with Gasteiger partial charge in [-0.3, -0.25) is 4.79 Å². The van der Waals surface area contributed by atoms with E-state index >= 15 is 0 Å². The molecule has 86 valence electrons. The van der Waals surface area contributed by atoms with Crippen molar-refractivity contribution >= 4 is 5.91 Å². The predicted molar refractivity (Wildman–Crippen MR) is 59.3 cm³/mol. The molecule has 1 fully saturated rings. The first-order valence-electron chi connectivity index (χ1n) is 5.41. The largest absolute Gasteiger partial charge is 0.493 e. The first-order chi connectivity index (χ1) is 7.81. The standard InChI is InChI=1S/C12H15NO3/c1-2-15-10-6-4-3-5-9(10)11-7-13-12(14)8-16-11/h3-6,11H,2,7-8H2,1H3,(H,13,14)/t11-/m0/s1. The fourth-order valence-corrected chi connectivity index (χ4v) is 1.73. The molecular weight excluding hydrogens is 206 g/mol. The number of hydrogen-bond acceptors (Lipinski definition) is 3. The highest BCUT2D eigenvalue weighted by Gasteiger charge is 2.22. The summed E-state index contributed by atoms with van der Waals surface area (Å²) in [4.78, 5) is 11.0. The second-order valence-electron chi connectivity index (χ2n) is 3.57. The van der Waals surface area contributed by atoms with E-state index in [1.54, 1.807) is 0 Å². The molecule has 1 aromatic rings. The van der Waals surface area contributed by atoms with Crippen molar-refractivity contribution in [1.29, 1.82) is 0 Å². The average molecular weight is 221 g/mol. The maximum absolute atomic E-state index is 11.0. The predicted octanol–water partition coefficient (Wildman–Crippen LogP) is 1.27. The van der Waals surface area contributed by atoms with E-state index in [0.29, 0.717) is 13.2 Å². The van der Waals surface area contributed by atoms with Crippen LogP contribution in [0.15, 0.2) is 24.3 Å². The summed E-state index contributed by atoms with van der Waals surface area (Å²) < 4.78 is 11.0. The van der Waals surface area contributed by atoms with Crippen LogP contribution in [0.4, 0.5) is 0 Å². The van der Waals surface area contributed by atoms with Crippen molar-refractivity contribution in [3.8, 4) is 5.75 Å². The van der Waals surface area contributed by atoms with Crippen LogP contribution in [-0.2, 0) is 9.53 Å². The van der Waals surface area contributed by atoms with Crippen LogP contribution in [0.2, 0.25) is 0 Å². The molecule has 0 bridgehead atoms. The molecule has 0 aromatic heterocycles. The minimum absolute atomic E-state index is 0.0647. The number of carbonyl (C=O) groups excluding carboxylic acids is 1. The Morgan fingerprint density at radius 1 is 1.50 bits per heavy atom. The SMILES string of the molecule is CCOc1ccccc1[C@@H]1CNC(=O)CO1. The lowest BCUT2D eigenvalue weighted by Crippen LogP contribution is -2.38. The summed E-state index contributed by atoms with van der Waals surface area (Å²) in [6, 6.07) is 7.75. The molecular formula is C12H15NO3. The van der Waals surface area contributed by atoms with Crippen LogP contribution in [-0.4, -0.2) is 25.7 Å². The maximum atomic E-state index is 11.0. The zero-order chi connectivity index (χ0) is 11.4. The molecule has 1 N–H and O–H groups in total. The third-order valence-corrected chi connectivity index (χ3v) is 2.47. The monoisotopic (exact) mass is 221 g/mol. The number of rotatable bonds is 3. The summed E-state index contributed by atoms with van der Waals surface area (Å²) in [5, 5.41) is 2.78. The number of amides is 1. The van der Waals surface area contributed by atoms with Gasteiger partial charge in [-0.15, -0.1) is 0 Å². The molecule has 0 unspecified atom stereocenters. The maximum Gasteiger partial charge on any atom is 0.246 e. The highest BCUT2D eigenvalue weighted by molar-refractivity contribution is 5.77. The highest BCUT2D eigenvalue weighted by Crippen LogP contribution is 2.28. The second kappa shape index (κ2) is 4.99. The third kappa shape index (κ3) is 2.33. The van der Waals surface area contributed by atoms with Gasteiger partial charge < -0.3 is 14.8 Å². The van der Waals surface area contributed by atoms with Crippen LogP contribution in [0.1, 0.15) is 18.6 Å². The number of morpholine rings is 1. The van der Waals surface area contributed by atoms with Crippen LogP contribution in [0.3, 0.4) is 0 Å². The molecule has 1 aliphatic rings. The Labute approximate surface area is 94.6 Å². The number of para-hydroxylation sites is 1. The van der Waals surface area contributed by atoms with Crippen LogP contribution >= 0.6 is 0 Å². The molecule has 0 radical (unpaired) electrons. The van der Waals surface area contributed by atoms with Gasteiger partial charge in [0.15, 0.2) is 0 Å². The molecule has 0 saturated carbocycles. The quantitative estimate of drug-likeness (QED) is 0.836. The summed E-state index contributed by atoms with van der Waals surface area (Å²) >= 11 is 0. The Balaban J connectivity index is 2.16. The van der Waals surface area contributed by atoms with E-state index in [2.05, 4.69) is 5.32 Å². The topological polar surface area (TPSA) is 47.6 Å². The Hall–Kier alpha value is -1.55. The molecule has 1 heterocycles. The Kier molecular flexibility index (Phi) is 3.41. The van der Waals surface area contributed by atoms with Gasteiger partial charge in [-0.05, 0) is 13.0 Å². The van der Waals surface area contributed by atoms with E-state index < -0.39 is 0 Å². The van der Waals surface area contributed by atoms with Crippen molar-refractivity contribution in [2.24, 2.45) is 0 Å². The number of hydrogen-bond donors (Lipinski definition) is 1. The Bertz CT molecular complexity index is 368. The normalized spacial score (nSPS) is 20.3. The number of benzene rings is 1. The first-order valence-corrected chi connectivity index (χ1v) is 5.41. The van der Waals surface area contributed by atoms with Crippen molar-refractivity contribution in [2.75, 3.05) is 19.8 Å². The summed E-state index contributed by atoms with van der Waals surface area (Å²) in [7, 11) is 0. The average Bonchev–Trinajstić information content (AvgIpc) is 2.32. The summed E-state index contributed by atoms with van der Waals surface area (Å²) in [5.74, 6) is 0.760. The van der Waals surface area contributed by atoms with Crippen molar-refractivity contribution in [1.82, 2.24) is 5.32 Å². The smallest absolute Gasteiger partial charge is 0.246 e. The molecule has 2 rings (SSSR count). The van der Waals surface area contributed by atoms with E-state index in [4.69, 9.17) is 9.47 Å².